The predicted molar refractivity (Wildman–Crippen MR) is 59.1 cm³/mol. The van der Waals surface area contributed by atoms with E-state index in [-0.39, 0.29) is 5.91 Å². The minimum Gasteiger partial charge on any atom is -0.465 e. The van der Waals surface area contributed by atoms with Gasteiger partial charge < -0.3 is 10.1 Å². The van der Waals surface area contributed by atoms with E-state index in [0.29, 0.717) is 23.2 Å². The number of amides is 1. The Kier molecular flexibility index (Phi) is 2.48. The maximum atomic E-state index is 11.5. The highest BCUT2D eigenvalue weighted by Crippen LogP contribution is 2.23. The number of hydrogen-bond donors (Lipinski definition) is 1. The Morgan fingerprint density at radius 2 is 2.19 bits per heavy atom. The molecule has 0 aliphatic carbocycles. The summed E-state index contributed by atoms with van der Waals surface area (Å²) in [5.41, 5.74) is 2.48. The molecule has 1 aliphatic rings. The number of carbonyl (C=O) groups is 2. The molecule has 0 atom stereocenters. The van der Waals surface area contributed by atoms with E-state index in [1.807, 2.05) is 0 Å². The van der Waals surface area contributed by atoms with Gasteiger partial charge in [-0.3, -0.25) is 4.79 Å². The van der Waals surface area contributed by atoms with Crippen LogP contribution in [0.25, 0.3) is 5.57 Å². The summed E-state index contributed by atoms with van der Waals surface area (Å²) in [5.74, 6) is -0.555. The van der Waals surface area contributed by atoms with E-state index in [1.165, 1.54) is 7.11 Å². The van der Waals surface area contributed by atoms with Crippen LogP contribution in [-0.4, -0.2) is 25.5 Å². The topological polar surface area (TPSA) is 55.4 Å². The smallest absolute Gasteiger partial charge is 0.337 e. The van der Waals surface area contributed by atoms with Gasteiger partial charge in [-0.05, 0) is 29.3 Å². The Balaban J connectivity index is 2.52. The fourth-order valence-electron chi connectivity index (χ4n) is 1.66. The summed E-state index contributed by atoms with van der Waals surface area (Å²) in [6.45, 7) is 4.26. The summed E-state index contributed by atoms with van der Waals surface area (Å²) in [7, 11) is 1.32. The van der Waals surface area contributed by atoms with Crippen LogP contribution in [0.5, 0.6) is 0 Å². The Labute approximate surface area is 92.9 Å². The first kappa shape index (κ1) is 10.4. The van der Waals surface area contributed by atoms with Gasteiger partial charge in [0.1, 0.15) is 0 Å². The molecular weight excluding hydrogens is 206 g/mol. The minimum atomic E-state index is -0.415. The number of benzene rings is 1. The molecule has 0 fully saturated rings. The van der Waals surface area contributed by atoms with Crippen LogP contribution >= 0.6 is 0 Å². The Bertz CT molecular complexity index is 491. The lowest BCUT2D eigenvalue weighted by atomic mass is 9.94. The second-order valence-corrected chi connectivity index (χ2v) is 3.54. The van der Waals surface area contributed by atoms with Gasteiger partial charge in [-0.1, -0.05) is 6.58 Å². The van der Waals surface area contributed by atoms with Gasteiger partial charge in [0.05, 0.1) is 12.7 Å². The van der Waals surface area contributed by atoms with Crippen molar-refractivity contribution in [3.8, 4) is 0 Å². The van der Waals surface area contributed by atoms with Gasteiger partial charge in [0, 0.05) is 12.1 Å². The number of ether oxygens (including phenoxy) is 1. The SMILES string of the molecule is C=C1CNC(=O)c2ccc(C(=O)OC)cc21. The fraction of sp³-hybridized carbons (Fsp3) is 0.167. The molecule has 4 heteroatoms. The van der Waals surface area contributed by atoms with Crippen molar-refractivity contribution in [2.45, 2.75) is 0 Å². The summed E-state index contributed by atoms with van der Waals surface area (Å²) < 4.78 is 4.62. The molecule has 0 unspecified atom stereocenters. The van der Waals surface area contributed by atoms with Crippen LogP contribution in [0.4, 0.5) is 0 Å². The van der Waals surface area contributed by atoms with Crippen LogP contribution in [0.1, 0.15) is 26.3 Å². The van der Waals surface area contributed by atoms with E-state index in [1.54, 1.807) is 18.2 Å². The standard InChI is InChI=1S/C12H11NO3/c1-7-6-13-11(14)9-4-3-8(5-10(7)9)12(15)16-2/h3-5H,1,6H2,2H3,(H,13,14). The van der Waals surface area contributed by atoms with E-state index < -0.39 is 5.97 Å². The molecule has 0 spiro atoms. The highest BCUT2D eigenvalue weighted by atomic mass is 16.5. The highest BCUT2D eigenvalue weighted by Gasteiger charge is 2.20. The van der Waals surface area contributed by atoms with Crippen LogP contribution in [0.2, 0.25) is 0 Å². The number of rotatable bonds is 1. The van der Waals surface area contributed by atoms with E-state index in [0.717, 1.165) is 5.57 Å². The summed E-state index contributed by atoms with van der Waals surface area (Å²) in [6.07, 6.45) is 0. The van der Waals surface area contributed by atoms with Gasteiger partial charge in [0.15, 0.2) is 0 Å². The Morgan fingerprint density at radius 1 is 1.44 bits per heavy atom. The zero-order valence-electron chi connectivity index (χ0n) is 8.87. The van der Waals surface area contributed by atoms with Crippen LogP contribution in [0.3, 0.4) is 0 Å². The molecule has 0 bridgehead atoms. The van der Waals surface area contributed by atoms with Crippen molar-refractivity contribution in [2.24, 2.45) is 0 Å². The van der Waals surface area contributed by atoms with Crippen molar-refractivity contribution in [1.29, 1.82) is 0 Å². The quantitative estimate of drug-likeness (QED) is 0.720. The van der Waals surface area contributed by atoms with Gasteiger partial charge in [0.2, 0.25) is 0 Å². The van der Waals surface area contributed by atoms with Gasteiger partial charge in [-0.25, -0.2) is 4.79 Å². The van der Waals surface area contributed by atoms with Gasteiger partial charge in [-0.2, -0.15) is 0 Å². The molecule has 1 aliphatic heterocycles. The van der Waals surface area contributed by atoms with E-state index in [9.17, 15) is 9.59 Å². The number of carbonyl (C=O) groups excluding carboxylic acids is 2. The molecule has 1 heterocycles. The molecule has 16 heavy (non-hydrogen) atoms. The normalized spacial score (nSPS) is 14.1. The molecule has 1 aromatic carbocycles. The van der Waals surface area contributed by atoms with Gasteiger partial charge in [0.25, 0.3) is 5.91 Å². The summed E-state index contributed by atoms with van der Waals surface area (Å²) in [6, 6.07) is 4.83. The molecular formula is C12H11NO3. The van der Waals surface area contributed by atoms with Crippen molar-refractivity contribution < 1.29 is 14.3 Å². The van der Waals surface area contributed by atoms with Gasteiger partial charge in [-0.15, -0.1) is 0 Å². The molecule has 4 nitrogen and oxygen atoms in total. The first-order chi connectivity index (χ1) is 7.63. The lowest BCUT2D eigenvalue weighted by molar-refractivity contribution is 0.0600. The van der Waals surface area contributed by atoms with Crippen LogP contribution in [0, 0.1) is 0 Å². The molecule has 0 aromatic heterocycles. The van der Waals surface area contributed by atoms with Crippen LogP contribution in [0.15, 0.2) is 24.8 Å². The maximum Gasteiger partial charge on any atom is 0.337 e. The average molecular weight is 217 g/mol. The van der Waals surface area contributed by atoms with Crippen molar-refractivity contribution in [3.05, 3.63) is 41.5 Å². The lowest BCUT2D eigenvalue weighted by Gasteiger charge is -2.19. The third-order valence-electron chi connectivity index (χ3n) is 2.53. The van der Waals surface area contributed by atoms with Crippen molar-refractivity contribution in [3.63, 3.8) is 0 Å². The predicted octanol–water partition coefficient (Wildman–Crippen LogP) is 1.23. The summed E-state index contributed by atoms with van der Waals surface area (Å²) in [4.78, 5) is 22.8. The molecule has 1 N–H and O–H groups in total. The number of hydrogen-bond acceptors (Lipinski definition) is 3. The Hall–Kier alpha value is -2.10. The van der Waals surface area contributed by atoms with Crippen LogP contribution < -0.4 is 5.32 Å². The first-order valence-corrected chi connectivity index (χ1v) is 4.82. The van der Waals surface area contributed by atoms with E-state index in [4.69, 9.17) is 0 Å². The van der Waals surface area contributed by atoms with E-state index in [2.05, 4.69) is 16.6 Å². The third-order valence-corrected chi connectivity index (χ3v) is 2.53. The maximum absolute atomic E-state index is 11.5. The largest absolute Gasteiger partial charge is 0.465 e. The molecule has 82 valence electrons. The third kappa shape index (κ3) is 1.58. The van der Waals surface area contributed by atoms with E-state index >= 15 is 0 Å². The van der Waals surface area contributed by atoms with Crippen molar-refractivity contribution in [1.82, 2.24) is 5.32 Å². The lowest BCUT2D eigenvalue weighted by Crippen LogP contribution is -2.31. The number of esters is 1. The zero-order valence-corrected chi connectivity index (χ0v) is 8.87. The van der Waals surface area contributed by atoms with Crippen molar-refractivity contribution >= 4 is 17.4 Å². The highest BCUT2D eigenvalue weighted by molar-refractivity contribution is 6.04. The monoisotopic (exact) mass is 217 g/mol. The molecule has 1 aromatic rings. The number of nitrogens with one attached hydrogen (secondary N) is 1. The second kappa shape index (κ2) is 3.81. The molecule has 1 amide bonds. The van der Waals surface area contributed by atoms with Crippen molar-refractivity contribution in [2.75, 3.05) is 13.7 Å². The number of fused-ring (bicyclic) bond motifs is 1. The Morgan fingerprint density at radius 3 is 2.88 bits per heavy atom. The number of methoxy groups -OCH3 is 1. The van der Waals surface area contributed by atoms with Crippen LogP contribution in [-0.2, 0) is 4.74 Å². The average Bonchev–Trinajstić information content (AvgIpc) is 2.32. The first-order valence-electron chi connectivity index (χ1n) is 4.82. The fourth-order valence-corrected chi connectivity index (χ4v) is 1.66. The summed E-state index contributed by atoms with van der Waals surface area (Å²) >= 11 is 0. The molecule has 0 saturated carbocycles. The molecule has 0 radical (unpaired) electrons. The molecule has 2 rings (SSSR count). The molecule has 0 saturated heterocycles. The zero-order chi connectivity index (χ0) is 11.7. The summed E-state index contributed by atoms with van der Waals surface area (Å²) in [5, 5.41) is 2.70. The van der Waals surface area contributed by atoms with Gasteiger partial charge >= 0.3 is 5.97 Å². The second-order valence-electron chi connectivity index (χ2n) is 3.54. The minimum absolute atomic E-state index is 0.140.